The summed E-state index contributed by atoms with van der Waals surface area (Å²) in [5.74, 6) is -2.50. The molecule has 0 spiro atoms. The van der Waals surface area contributed by atoms with Gasteiger partial charge in [-0.25, -0.2) is 4.79 Å². The Labute approximate surface area is 114 Å². The number of carboxylic acid groups (broad SMARTS) is 2. The summed E-state index contributed by atoms with van der Waals surface area (Å²) in [6.07, 6.45) is -2.13. The van der Waals surface area contributed by atoms with Gasteiger partial charge in [0.25, 0.3) is 0 Å². The summed E-state index contributed by atoms with van der Waals surface area (Å²) in [7, 11) is 0. The molecule has 0 aliphatic carbocycles. The van der Waals surface area contributed by atoms with Crippen molar-refractivity contribution < 1.29 is 24.9 Å². The molecule has 3 N–H and O–H groups in total. The van der Waals surface area contributed by atoms with Gasteiger partial charge >= 0.3 is 11.9 Å². The molecule has 0 aromatic heterocycles. The Morgan fingerprint density at radius 2 is 1.58 bits per heavy atom. The van der Waals surface area contributed by atoms with E-state index in [0.29, 0.717) is 0 Å². The topological polar surface area (TPSA) is 94.8 Å². The Balaban J connectivity index is -0.000000405. The zero-order chi connectivity index (χ0) is 8.15. The molecule has 0 aromatic rings. The monoisotopic (exact) mass is 194 g/mol. The molecule has 5 nitrogen and oxygen atoms in total. The van der Waals surface area contributed by atoms with Crippen molar-refractivity contribution in [3.63, 3.8) is 0 Å². The van der Waals surface area contributed by atoms with E-state index in [0.717, 1.165) is 0 Å². The molecule has 0 aromatic carbocycles. The molecule has 1 atom stereocenters. The number of aliphatic hydroxyl groups excluding tert-OH is 1. The van der Waals surface area contributed by atoms with E-state index in [-0.39, 0.29) is 72.0 Å². The number of carboxylic acids is 2. The van der Waals surface area contributed by atoms with Crippen LogP contribution < -0.4 is 0 Å². The van der Waals surface area contributed by atoms with Gasteiger partial charge in [0.2, 0.25) is 0 Å². The van der Waals surface area contributed by atoms with Crippen LogP contribution in [-0.4, -0.2) is 92.5 Å². The number of carbonyl (C=O) groups is 2. The van der Waals surface area contributed by atoms with Crippen molar-refractivity contribution >= 4 is 71.1 Å². The molecule has 0 saturated heterocycles. The van der Waals surface area contributed by atoms with Gasteiger partial charge in [-0.2, -0.15) is 0 Å². The van der Waals surface area contributed by atoms with Crippen molar-refractivity contribution in [2.75, 3.05) is 0 Å². The van der Waals surface area contributed by atoms with E-state index in [1.807, 2.05) is 0 Å². The van der Waals surface area contributed by atoms with Crippen molar-refractivity contribution in [1.82, 2.24) is 0 Å². The summed E-state index contributed by atoms with van der Waals surface area (Å²) in [4.78, 5) is 19.7. The standard InChI is InChI=1S/C5H8O5.2Na/c6-3(5(9)10)1-2-4(7)8;;/h3,6H,1-2H2,(H,7,8)(H,9,10);;/t3-;;/m0../s1. The normalized spacial score (nSPS) is 10.4. The van der Waals surface area contributed by atoms with Crippen LogP contribution in [0.25, 0.3) is 0 Å². The van der Waals surface area contributed by atoms with Gasteiger partial charge in [0.1, 0.15) is 0 Å². The molecule has 0 unspecified atom stereocenters. The molecule has 0 aliphatic heterocycles. The van der Waals surface area contributed by atoms with Crippen LogP contribution in [0.2, 0.25) is 0 Å². The molecule has 0 amide bonds. The van der Waals surface area contributed by atoms with E-state index in [1.165, 1.54) is 0 Å². The van der Waals surface area contributed by atoms with E-state index < -0.39 is 18.0 Å². The molecule has 2 radical (unpaired) electrons. The summed E-state index contributed by atoms with van der Waals surface area (Å²) >= 11 is 0. The van der Waals surface area contributed by atoms with E-state index >= 15 is 0 Å². The molecule has 0 aliphatic rings. The van der Waals surface area contributed by atoms with Crippen LogP contribution in [0.15, 0.2) is 0 Å². The van der Waals surface area contributed by atoms with Crippen LogP contribution in [0.1, 0.15) is 12.8 Å². The molecule has 0 bridgehead atoms. The SMILES string of the molecule is O=C(O)CC[C@H](O)C(=O)O.[Na].[Na]. The smallest absolute Gasteiger partial charge is 0.332 e. The minimum absolute atomic E-state index is 0. The van der Waals surface area contributed by atoms with E-state index in [9.17, 15) is 9.59 Å². The number of aliphatic carboxylic acids is 2. The van der Waals surface area contributed by atoms with Crippen molar-refractivity contribution in [3.8, 4) is 0 Å². The maximum atomic E-state index is 9.87. The Morgan fingerprint density at radius 1 is 1.17 bits per heavy atom. The minimum atomic E-state index is -1.56. The second kappa shape index (κ2) is 9.98. The summed E-state index contributed by atoms with van der Waals surface area (Å²) in [6, 6.07) is 0. The number of hydrogen-bond acceptors (Lipinski definition) is 3. The molecule has 12 heavy (non-hydrogen) atoms. The van der Waals surface area contributed by atoms with Crippen molar-refractivity contribution in [2.45, 2.75) is 18.9 Å². The largest absolute Gasteiger partial charge is 0.481 e. The third kappa shape index (κ3) is 10.9. The van der Waals surface area contributed by atoms with Gasteiger partial charge in [-0.05, 0) is 6.42 Å². The maximum Gasteiger partial charge on any atom is 0.332 e. The average Bonchev–Trinajstić information content (AvgIpc) is 1.82. The van der Waals surface area contributed by atoms with Gasteiger partial charge in [0.05, 0.1) is 0 Å². The Bertz CT molecular complexity index is 149. The van der Waals surface area contributed by atoms with Crippen molar-refractivity contribution in [2.24, 2.45) is 0 Å². The fraction of sp³-hybridized carbons (Fsp3) is 0.600. The van der Waals surface area contributed by atoms with Crippen LogP contribution >= 0.6 is 0 Å². The van der Waals surface area contributed by atoms with Gasteiger partial charge in [0.15, 0.2) is 6.10 Å². The molecule has 60 valence electrons. The third-order valence-corrected chi connectivity index (χ3v) is 0.917. The van der Waals surface area contributed by atoms with Crippen LogP contribution in [-0.2, 0) is 9.59 Å². The number of rotatable bonds is 4. The molecule has 0 saturated carbocycles. The molecule has 0 rings (SSSR count). The first-order valence-corrected chi connectivity index (χ1v) is 2.66. The second-order valence-corrected chi connectivity index (χ2v) is 1.79. The summed E-state index contributed by atoms with van der Waals surface area (Å²) < 4.78 is 0. The van der Waals surface area contributed by atoms with Crippen LogP contribution in [0.5, 0.6) is 0 Å². The van der Waals surface area contributed by atoms with Gasteiger partial charge in [-0.3, -0.25) is 4.79 Å². The minimum Gasteiger partial charge on any atom is -0.481 e. The predicted molar refractivity (Wildman–Crippen MR) is 42.0 cm³/mol. The van der Waals surface area contributed by atoms with Gasteiger partial charge in [-0.15, -0.1) is 0 Å². The van der Waals surface area contributed by atoms with Crippen LogP contribution in [0.4, 0.5) is 0 Å². The van der Waals surface area contributed by atoms with Gasteiger partial charge in [-0.1, -0.05) is 0 Å². The van der Waals surface area contributed by atoms with Crippen molar-refractivity contribution in [3.05, 3.63) is 0 Å². The fourth-order valence-electron chi connectivity index (χ4n) is 0.384. The summed E-state index contributed by atoms with van der Waals surface area (Å²) in [5.41, 5.74) is 0. The molecule has 0 heterocycles. The van der Waals surface area contributed by atoms with Gasteiger partial charge < -0.3 is 15.3 Å². The molecule has 7 heteroatoms. The first-order valence-electron chi connectivity index (χ1n) is 2.66. The Kier molecular flexibility index (Phi) is 15.5. The third-order valence-electron chi connectivity index (χ3n) is 0.917. The van der Waals surface area contributed by atoms with Gasteiger partial charge in [0, 0.05) is 65.5 Å². The maximum absolute atomic E-state index is 9.87. The van der Waals surface area contributed by atoms with Crippen LogP contribution in [0, 0.1) is 0 Å². The fourth-order valence-corrected chi connectivity index (χ4v) is 0.384. The molecular weight excluding hydrogens is 186 g/mol. The molecule has 0 fully saturated rings. The Morgan fingerprint density at radius 3 is 1.83 bits per heavy atom. The van der Waals surface area contributed by atoms with Crippen LogP contribution in [0.3, 0.4) is 0 Å². The second-order valence-electron chi connectivity index (χ2n) is 1.79. The summed E-state index contributed by atoms with van der Waals surface area (Å²) in [5, 5.41) is 24.6. The molecular formula is C5H8Na2O5. The average molecular weight is 194 g/mol. The Hall–Kier alpha value is 0.900. The predicted octanol–water partition coefficient (Wildman–Crippen LogP) is -1.46. The van der Waals surface area contributed by atoms with Crippen molar-refractivity contribution in [1.29, 1.82) is 0 Å². The first-order chi connectivity index (χ1) is 4.54. The summed E-state index contributed by atoms with van der Waals surface area (Å²) in [6.45, 7) is 0. The van der Waals surface area contributed by atoms with E-state index in [4.69, 9.17) is 15.3 Å². The zero-order valence-electron chi connectivity index (χ0n) is 7.15. The quantitative estimate of drug-likeness (QED) is 0.475. The number of aliphatic hydroxyl groups is 1. The zero-order valence-corrected chi connectivity index (χ0v) is 11.1. The van der Waals surface area contributed by atoms with E-state index in [1.54, 1.807) is 0 Å². The number of hydrogen-bond donors (Lipinski definition) is 3. The van der Waals surface area contributed by atoms with E-state index in [2.05, 4.69) is 0 Å². The first kappa shape index (κ1) is 18.6.